The van der Waals surface area contributed by atoms with Crippen molar-refractivity contribution in [1.82, 2.24) is 5.32 Å². The minimum Gasteiger partial charge on any atom is -0.484 e. The fourth-order valence-electron chi connectivity index (χ4n) is 3.01. The van der Waals surface area contributed by atoms with Crippen LogP contribution >= 0.6 is 11.6 Å². The Bertz CT molecular complexity index is 466. The summed E-state index contributed by atoms with van der Waals surface area (Å²) in [6.07, 6.45) is 2.69. The van der Waals surface area contributed by atoms with Crippen LogP contribution in [0.1, 0.15) is 19.3 Å². The van der Waals surface area contributed by atoms with Gasteiger partial charge in [-0.05, 0) is 43.5 Å². The highest BCUT2D eigenvalue weighted by Crippen LogP contribution is 2.58. The lowest BCUT2D eigenvalue weighted by Gasteiger charge is -2.68. The molecule has 1 aromatic carbocycles. The van der Waals surface area contributed by atoms with Crippen molar-refractivity contribution in [3.05, 3.63) is 29.3 Å². The summed E-state index contributed by atoms with van der Waals surface area (Å²) in [4.78, 5) is 11.7. The molecule has 3 N–H and O–H groups in total. The minimum absolute atomic E-state index is 0.00428. The van der Waals surface area contributed by atoms with E-state index in [0.29, 0.717) is 10.8 Å². The van der Waals surface area contributed by atoms with E-state index in [1.54, 1.807) is 24.3 Å². The Kier molecular flexibility index (Phi) is 2.54. The summed E-state index contributed by atoms with van der Waals surface area (Å²) in [6, 6.07) is 6.94. The van der Waals surface area contributed by atoms with E-state index in [9.17, 15) is 4.79 Å². The van der Waals surface area contributed by atoms with Crippen molar-refractivity contribution in [3.8, 4) is 5.75 Å². The number of halogens is 1. The summed E-state index contributed by atoms with van der Waals surface area (Å²) in [5.41, 5.74) is 5.90. The van der Waals surface area contributed by atoms with Crippen molar-refractivity contribution in [2.75, 3.05) is 6.61 Å². The zero-order chi connectivity index (χ0) is 12.8. The quantitative estimate of drug-likeness (QED) is 0.867. The number of ether oxygens (including phenoxy) is 1. The van der Waals surface area contributed by atoms with Crippen LogP contribution in [0.3, 0.4) is 0 Å². The Morgan fingerprint density at radius 1 is 1.33 bits per heavy atom. The van der Waals surface area contributed by atoms with Crippen LogP contribution < -0.4 is 15.8 Å². The second-order valence-electron chi connectivity index (χ2n) is 5.46. The van der Waals surface area contributed by atoms with Gasteiger partial charge in [0.2, 0.25) is 0 Å². The normalized spacial score (nSPS) is 32.1. The molecule has 4 nitrogen and oxygen atoms in total. The van der Waals surface area contributed by atoms with Crippen molar-refractivity contribution >= 4 is 17.5 Å². The van der Waals surface area contributed by atoms with Crippen LogP contribution in [-0.2, 0) is 4.79 Å². The zero-order valence-corrected chi connectivity index (χ0v) is 10.7. The van der Waals surface area contributed by atoms with Gasteiger partial charge in [0.25, 0.3) is 5.91 Å². The molecule has 0 aliphatic heterocycles. The average molecular weight is 267 g/mol. The Morgan fingerprint density at radius 3 is 2.50 bits per heavy atom. The number of carbonyl (C=O) groups is 1. The maximum absolute atomic E-state index is 11.7. The molecule has 0 spiro atoms. The molecular weight excluding hydrogens is 252 g/mol. The van der Waals surface area contributed by atoms with E-state index in [1.807, 2.05) is 0 Å². The summed E-state index contributed by atoms with van der Waals surface area (Å²) >= 11 is 5.76. The van der Waals surface area contributed by atoms with Crippen LogP contribution in [0.4, 0.5) is 0 Å². The maximum Gasteiger partial charge on any atom is 0.258 e. The molecule has 3 aliphatic rings. The second-order valence-corrected chi connectivity index (χ2v) is 5.90. The molecule has 3 aliphatic carbocycles. The fraction of sp³-hybridized carbons (Fsp3) is 0.462. The molecule has 0 unspecified atom stereocenters. The number of nitrogens with one attached hydrogen (secondary N) is 1. The SMILES string of the molecule is NC12CC(NC(=O)COc3ccc(Cl)cc3)(C1)C2. The Balaban J connectivity index is 1.46. The topological polar surface area (TPSA) is 64.3 Å². The van der Waals surface area contributed by atoms with Gasteiger partial charge in [-0.25, -0.2) is 0 Å². The molecule has 3 fully saturated rings. The number of rotatable bonds is 4. The molecule has 0 atom stereocenters. The number of nitrogens with two attached hydrogens (primary N) is 1. The summed E-state index contributed by atoms with van der Waals surface area (Å²) in [5, 5.41) is 3.64. The summed E-state index contributed by atoms with van der Waals surface area (Å²) in [5.74, 6) is 0.550. The van der Waals surface area contributed by atoms with Gasteiger partial charge in [0.15, 0.2) is 6.61 Å². The van der Waals surface area contributed by atoms with Gasteiger partial charge < -0.3 is 15.8 Å². The third-order valence-corrected chi connectivity index (χ3v) is 3.91. The molecule has 96 valence electrons. The lowest BCUT2D eigenvalue weighted by Crippen LogP contribution is -2.82. The number of carbonyl (C=O) groups excluding carboxylic acids is 1. The van der Waals surface area contributed by atoms with Gasteiger partial charge in [0.1, 0.15) is 5.75 Å². The fourth-order valence-corrected chi connectivity index (χ4v) is 3.14. The van der Waals surface area contributed by atoms with Crippen molar-refractivity contribution < 1.29 is 9.53 Å². The smallest absolute Gasteiger partial charge is 0.258 e. The van der Waals surface area contributed by atoms with Crippen molar-refractivity contribution in [3.63, 3.8) is 0 Å². The monoisotopic (exact) mass is 266 g/mol. The first-order chi connectivity index (χ1) is 8.49. The molecule has 0 saturated heterocycles. The highest BCUT2D eigenvalue weighted by molar-refractivity contribution is 6.30. The molecule has 18 heavy (non-hydrogen) atoms. The summed E-state index contributed by atoms with van der Waals surface area (Å²) in [7, 11) is 0. The minimum atomic E-state index is -0.0910. The Morgan fingerprint density at radius 2 is 1.94 bits per heavy atom. The van der Waals surface area contributed by atoms with E-state index >= 15 is 0 Å². The van der Waals surface area contributed by atoms with Gasteiger partial charge in [0.05, 0.1) is 0 Å². The molecular formula is C13H15ClN2O2. The molecule has 0 radical (unpaired) electrons. The van der Waals surface area contributed by atoms with E-state index in [-0.39, 0.29) is 23.6 Å². The van der Waals surface area contributed by atoms with Crippen LogP contribution in [0, 0.1) is 0 Å². The first-order valence-corrected chi connectivity index (χ1v) is 6.35. The molecule has 0 aromatic heterocycles. The van der Waals surface area contributed by atoms with Gasteiger partial charge in [0, 0.05) is 16.1 Å². The van der Waals surface area contributed by atoms with Crippen LogP contribution in [-0.4, -0.2) is 23.6 Å². The van der Waals surface area contributed by atoms with E-state index in [1.165, 1.54) is 0 Å². The lowest BCUT2D eigenvalue weighted by atomic mass is 9.44. The van der Waals surface area contributed by atoms with E-state index in [0.717, 1.165) is 19.3 Å². The van der Waals surface area contributed by atoms with E-state index < -0.39 is 0 Å². The van der Waals surface area contributed by atoms with E-state index in [2.05, 4.69) is 5.32 Å². The zero-order valence-electron chi connectivity index (χ0n) is 9.91. The lowest BCUT2D eigenvalue weighted by molar-refractivity contribution is -0.137. The van der Waals surface area contributed by atoms with Crippen molar-refractivity contribution in [1.29, 1.82) is 0 Å². The molecule has 3 saturated carbocycles. The van der Waals surface area contributed by atoms with Crippen LogP contribution in [0.2, 0.25) is 5.02 Å². The number of amides is 1. The second kappa shape index (κ2) is 3.87. The average Bonchev–Trinajstić information content (AvgIpc) is 2.25. The number of hydrogen-bond acceptors (Lipinski definition) is 3. The van der Waals surface area contributed by atoms with Crippen molar-refractivity contribution in [2.45, 2.75) is 30.3 Å². The molecule has 1 amide bonds. The maximum atomic E-state index is 11.7. The Labute approximate surface area is 110 Å². The third-order valence-electron chi connectivity index (χ3n) is 3.66. The molecule has 5 heteroatoms. The van der Waals surface area contributed by atoms with Crippen LogP contribution in [0.5, 0.6) is 5.75 Å². The summed E-state index contributed by atoms with van der Waals surface area (Å²) in [6.45, 7) is 0.0287. The number of benzene rings is 1. The van der Waals surface area contributed by atoms with E-state index in [4.69, 9.17) is 22.1 Å². The van der Waals surface area contributed by atoms with Gasteiger partial charge in [-0.15, -0.1) is 0 Å². The van der Waals surface area contributed by atoms with Crippen molar-refractivity contribution in [2.24, 2.45) is 5.73 Å². The first kappa shape index (κ1) is 11.8. The van der Waals surface area contributed by atoms with Gasteiger partial charge >= 0.3 is 0 Å². The predicted molar refractivity (Wildman–Crippen MR) is 68.6 cm³/mol. The van der Waals surface area contributed by atoms with Crippen LogP contribution in [0.25, 0.3) is 0 Å². The van der Waals surface area contributed by atoms with Gasteiger partial charge in [-0.1, -0.05) is 11.6 Å². The summed E-state index contributed by atoms with van der Waals surface area (Å²) < 4.78 is 5.38. The molecule has 1 aromatic rings. The Hall–Kier alpha value is -1.26. The van der Waals surface area contributed by atoms with Crippen LogP contribution in [0.15, 0.2) is 24.3 Å². The first-order valence-electron chi connectivity index (χ1n) is 5.97. The van der Waals surface area contributed by atoms with Gasteiger partial charge in [-0.3, -0.25) is 4.79 Å². The molecule has 2 bridgehead atoms. The largest absolute Gasteiger partial charge is 0.484 e. The molecule has 0 heterocycles. The molecule has 4 rings (SSSR count). The van der Waals surface area contributed by atoms with Gasteiger partial charge in [-0.2, -0.15) is 0 Å². The highest BCUT2D eigenvalue weighted by Gasteiger charge is 2.66. The number of hydrogen-bond donors (Lipinski definition) is 2. The standard InChI is InChI=1S/C13H15ClN2O2/c14-9-1-3-10(4-2-9)18-5-11(17)16-13-6-12(15,7-13)8-13/h1-4H,5-8,15H2,(H,16,17). The predicted octanol–water partition coefficient (Wildman–Crippen LogP) is 1.47. The third kappa shape index (κ3) is 2.06. The highest BCUT2D eigenvalue weighted by atomic mass is 35.5.